The Hall–Kier alpha value is -1.65. The van der Waals surface area contributed by atoms with Gasteiger partial charge >= 0.3 is 6.29 Å². The average molecular weight is 200 g/mol. The van der Waals surface area contributed by atoms with Gasteiger partial charge in [0.1, 0.15) is 6.29 Å². The van der Waals surface area contributed by atoms with Gasteiger partial charge in [0.05, 0.1) is 0 Å². The van der Waals surface area contributed by atoms with Crippen LogP contribution in [-0.2, 0) is 11.2 Å². The van der Waals surface area contributed by atoms with E-state index >= 15 is 0 Å². The van der Waals surface area contributed by atoms with Crippen LogP contribution in [0.1, 0.15) is 5.56 Å². The average Bonchev–Trinajstić information content (AvgIpc) is 2.38. The number of benzene rings is 1. The van der Waals surface area contributed by atoms with Gasteiger partial charge in [0.25, 0.3) is 0 Å². The Labute approximate surface area is 78.2 Å². The Bertz CT molecular complexity index is 376. The monoisotopic (exact) mass is 200 g/mol. The molecule has 0 unspecified atom stereocenters. The zero-order valence-corrected chi connectivity index (χ0v) is 7.00. The Morgan fingerprint density at radius 2 is 2.00 bits per heavy atom. The summed E-state index contributed by atoms with van der Waals surface area (Å²) in [5.74, 6) is -0.0426. The minimum Gasteiger partial charge on any atom is -0.395 e. The fourth-order valence-electron chi connectivity index (χ4n) is 1.22. The van der Waals surface area contributed by atoms with Crippen molar-refractivity contribution in [2.24, 2.45) is 0 Å². The minimum absolute atomic E-state index is 0.00958. The van der Waals surface area contributed by atoms with Gasteiger partial charge in [-0.15, -0.1) is 8.78 Å². The summed E-state index contributed by atoms with van der Waals surface area (Å²) in [4.78, 5) is 10.2. The normalized spacial score (nSPS) is 16.7. The second kappa shape index (κ2) is 2.94. The molecule has 0 amide bonds. The lowest BCUT2D eigenvalue weighted by Crippen LogP contribution is -2.25. The van der Waals surface area contributed by atoms with Crippen molar-refractivity contribution in [3.8, 4) is 11.5 Å². The molecule has 3 nitrogen and oxygen atoms in total. The van der Waals surface area contributed by atoms with Crippen LogP contribution in [0.25, 0.3) is 0 Å². The van der Waals surface area contributed by atoms with E-state index in [4.69, 9.17) is 0 Å². The Balaban J connectivity index is 2.30. The first-order chi connectivity index (χ1) is 6.61. The maximum absolute atomic E-state index is 12.5. The summed E-state index contributed by atoms with van der Waals surface area (Å²) in [6, 6.07) is 4.26. The first-order valence-electron chi connectivity index (χ1n) is 3.93. The first-order valence-corrected chi connectivity index (χ1v) is 3.93. The van der Waals surface area contributed by atoms with Crippen LogP contribution in [-0.4, -0.2) is 12.6 Å². The minimum atomic E-state index is -3.60. The standard InChI is InChI=1S/C9H6F2O3/c10-9(11)13-7-2-1-6(3-4-12)5-8(7)14-9/h1-2,4-5H,3H2. The van der Waals surface area contributed by atoms with E-state index in [-0.39, 0.29) is 17.9 Å². The van der Waals surface area contributed by atoms with Crippen LogP contribution in [0.5, 0.6) is 11.5 Å². The van der Waals surface area contributed by atoms with E-state index in [1.54, 1.807) is 0 Å². The molecule has 0 atom stereocenters. The van der Waals surface area contributed by atoms with E-state index in [0.717, 1.165) is 0 Å². The Kier molecular flexibility index (Phi) is 1.87. The van der Waals surface area contributed by atoms with Crippen molar-refractivity contribution < 1.29 is 23.0 Å². The highest BCUT2D eigenvalue weighted by Crippen LogP contribution is 2.41. The van der Waals surface area contributed by atoms with Crippen molar-refractivity contribution >= 4 is 6.29 Å². The maximum atomic E-state index is 12.5. The number of aldehydes is 1. The molecule has 1 aliphatic heterocycles. The summed E-state index contributed by atoms with van der Waals surface area (Å²) in [5.41, 5.74) is 0.611. The quantitative estimate of drug-likeness (QED) is 0.682. The largest absolute Gasteiger partial charge is 0.586 e. The van der Waals surface area contributed by atoms with Crippen LogP contribution in [0.3, 0.4) is 0 Å². The SMILES string of the molecule is O=CCc1ccc2c(c1)OC(F)(F)O2. The van der Waals surface area contributed by atoms with Gasteiger partial charge in [-0.3, -0.25) is 0 Å². The summed E-state index contributed by atoms with van der Waals surface area (Å²) in [6.07, 6.45) is -2.74. The third kappa shape index (κ3) is 1.53. The smallest absolute Gasteiger partial charge is 0.395 e. The van der Waals surface area contributed by atoms with E-state index < -0.39 is 6.29 Å². The summed E-state index contributed by atoms with van der Waals surface area (Å²) < 4.78 is 33.5. The van der Waals surface area contributed by atoms with Crippen molar-refractivity contribution in [2.75, 3.05) is 0 Å². The topological polar surface area (TPSA) is 35.5 Å². The molecule has 1 aromatic rings. The molecule has 0 radical (unpaired) electrons. The van der Waals surface area contributed by atoms with Crippen LogP contribution in [0.2, 0.25) is 0 Å². The van der Waals surface area contributed by atoms with Gasteiger partial charge < -0.3 is 14.3 Å². The lowest BCUT2D eigenvalue weighted by molar-refractivity contribution is -0.286. The summed E-state index contributed by atoms with van der Waals surface area (Å²) in [6.45, 7) is 0. The van der Waals surface area contributed by atoms with Crippen LogP contribution in [0.15, 0.2) is 18.2 Å². The van der Waals surface area contributed by atoms with Gasteiger partial charge in [-0.2, -0.15) is 0 Å². The van der Waals surface area contributed by atoms with Crippen LogP contribution >= 0.6 is 0 Å². The van der Waals surface area contributed by atoms with Crippen LogP contribution in [0.4, 0.5) is 8.78 Å². The molecule has 1 aromatic carbocycles. The lowest BCUT2D eigenvalue weighted by atomic mass is 10.1. The predicted octanol–water partition coefficient (Wildman–Crippen LogP) is 1.75. The first kappa shape index (κ1) is 8.93. The second-order valence-corrected chi connectivity index (χ2v) is 2.82. The van der Waals surface area contributed by atoms with E-state index in [1.807, 2.05) is 0 Å². The van der Waals surface area contributed by atoms with E-state index in [9.17, 15) is 13.6 Å². The van der Waals surface area contributed by atoms with Crippen molar-refractivity contribution in [3.05, 3.63) is 23.8 Å². The highest BCUT2D eigenvalue weighted by atomic mass is 19.3. The molecule has 0 N–H and O–H groups in total. The van der Waals surface area contributed by atoms with Gasteiger partial charge in [0.2, 0.25) is 0 Å². The molecule has 0 saturated heterocycles. The fraction of sp³-hybridized carbons (Fsp3) is 0.222. The van der Waals surface area contributed by atoms with E-state index in [2.05, 4.69) is 9.47 Å². The molecular weight excluding hydrogens is 194 g/mol. The number of alkyl halides is 2. The second-order valence-electron chi connectivity index (χ2n) is 2.82. The molecular formula is C9H6F2O3. The molecule has 1 heterocycles. The molecule has 74 valence electrons. The molecule has 0 fully saturated rings. The van der Waals surface area contributed by atoms with Crippen molar-refractivity contribution in [2.45, 2.75) is 12.7 Å². The zero-order chi connectivity index (χ0) is 10.2. The van der Waals surface area contributed by atoms with Crippen LogP contribution in [0, 0.1) is 0 Å². The van der Waals surface area contributed by atoms with Crippen molar-refractivity contribution in [1.29, 1.82) is 0 Å². The van der Waals surface area contributed by atoms with Crippen molar-refractivity contribution in [1.82, 2.24) is 0 Å². The molecule has 2 rings (SSSR count). The number of carbonyl (C=O) groups is 1. The summed E-state index contributed by atoms with van der Waals surface area (Å²) in [5, 5.41) is 0. The summed E-state index contributed by atoms with van der Waals surface area (Å²) in [7, 11) is 0. The Morgan fingerprint density at radius 1 is 1.29 bits per heavy atom. The molecule has 0 bridgehead atoms. The third-order valence-corrected chi connectivity index (χ3v) is 1.78. The van der Waals surface area contributed by atoms with Gasteiger partial charge in [0.15, 0.2) is 11.5 Å². The molecule has 0 saturated carbocycles. The number of hydrogen-bond acceptors (Lipinski definition) is 3. The number of halogens is 2. The van der Waals surface area contributed by atoms with Crippen LogP contribution < -0.4 is 9.47 Å². The highest BCUT2D eigenvalue weighted by Gasteiger charge is 2.43. The summed E-state index contributed by atoms with van der Waals surface area (Å²) >= 11 is 0. The van der Waals surface area contributed by atoms with Crippen molar-refractivity contribution in [3.63, 3.8) is 0 Å². The number of rotatable bonds is 2. The maximum Gasteiger partial charge on any atom is 0.586 e. The zero-order valence-electron chi connectivity index (χ0n) is 7.00. The third-order valence-electron chi connectivity index (χ3n) is 1.78. The number of fused-ring (bicyclic) bond motifs is 1. The van der Waals surface area contributed by atoms with E-state index in [1.165, 1.54) is 18.2 Å². The number of hydrogen-bond donors (Lipinski definition) is 0. The Morgan fingerprint density at radius 3 is 2.71 bits per heavy atom. The molecule has 0 aromatic heterocycles. The number of ether oxygens (including phenoxy) is 2. The molecule has 1 aliphatic rings. The van der Waals surface area contributed by atoms with Gasteiger partial charge in [0, 0.05) is 6.42 Å². The highest BCUT2D eigenvalue weighted by molar-refractivity contribution is 5.57. The van der Waals surface area contributed by atoms with Gasteiger partial charge in [-0.1, -0.05) is 6.07 Å². The fourth-order valence-corrected chi connectivity index (χ4v) is 1.22. The molecule has 5 heteroatoms. The predicted molar refractivity (Wildman–Crippen MR) is 42.4 cm³/mol. The lowest BCUT2D eigenvalue weighted by Gasteiger charge is -2.04. The van der Waals surface area contributed by atoms with E-state index in [0.29, 0.717) is 11.8 Å². The molecule has 0 spiro atoms. The number of carbonyl (C=O) groups excluding carboxylic acids is 1. The van der Waals surface area contributed by atoms with Gasteiger partial charge in [-0.05, 0) is 17.7 Å². The molecule has 14 heavy (non-hydrogen) atoms. The van der Waals surface area contributed by atoms with Gasteiger partial charge in [-0.25, -0.2) is 0 Å². The molecule has 0 aliphatic carbocycles.